The van der Waals surface area contributed by atoms with Crippen LogP contribution in [-0.4, -0.2) is 43.6 Å². The van der Waals surface area contributed by atoms with Gasteiger partial charge in [0.15, 0.2) is 0 Å². The van der Waals surface area contributed by atoms with Crippen LogP contribution in [0.4, 0.5) is 17.6 Å². The zero-order valence-electron chi connectivity index (χ0n) is 12.7. The molecule has 0 spiro atoms. The van der Waals surface area contributed by atoms with Crippen molar-refractivity contribution in [2.75, 3.05) is 26.2 Å². The molecule has 0 unspecified atom stereocenters. The van der Waals surface area contributed by atoms with E-state index in [0.29, 0.717) is 5.92 Å². The van der Waals surface area contributed by atoms with Crippen molar-refractivity contribution in [1.82, 2.24) is 10.2 Å². The van der Waals surface area contributed by atoms with Crippen LogP contribution in [0.3, 0.4) is 0 Å². The molecule has 1 saturated heterocycles. The molecule has 1 aliphatic carbocycles. The van der Waals surface area contributed by atoms with Crippen LogP contribution in [0.5, 0.6) is 5.75 Å². The highest BCUT2D eigenvalue weighted by atomic mass is 19.3. The maximum atomic E-state index is 13.1. The van der Waals surface area contributed by atoms with Gasteiger partial charge in [-0.3, -0.25) is 4.90 Å². The first-order valence-corrected chi connectivity index (χ1v) is 7.87. The van der Waals surface area contributed by atoms with Crippen molar-refractivity contribution < 1.29 is 22.3 Å². The second kappa shape index (κ2) is 6.65. The molecule has 0 aromatic heterocycles. The minimum absolute atomic E-state index is 0.140. The standard InChI is InChI=1S/C16H20F4N2O/c17-15(18)16(19,20)23-13-3-1-2-12(10-13)14(11-4-5-11)22-8-6-21-7-9-22/h1-3,10-11,14-15,21H,4-9H2/t14-/m1/s1. The molecule has 2 fully saturated rings. The predicted octanol–water partition coefficient (Wildman–Crippen LogP) is 3.28. The first kappa shape index (κ1) is 16.5. The Morgan fingerprint density at radius 1 is 1.17 bits per heavy atom. The van der Waals surface area contributed by atoms with Crippen LogP contribution in [0.25, 0.3) is 0 Å². The number of hydrogen-bond donors (Lipinski definition) is 1. The fourth-order valence-electron chi connectivity index (χ4n) is 3.12. The molecule has 1 N–H and O–H groups in total. The Morgan fingerprint density at radius 3 is 2.48 bits per heavy atom. The van der Waals surface area contributed by atoms with E-state index in [-0.39, 0.29) is 11.8 Å². The highest BCUT2D eigenvalue weighted by Crippen LogP contribution is 2.45. The average Bonchev–Trinajstić information content (AvgIpc) is 3.33. The minimum atomic E-state index is -4.47. The number of ether oxygens (including phenoxy) is 1. The fraction of sp³-hybridized carbons (Fsp3) is 0.625. The molecule has 2 aliphatic rings. The van der Waals surface area contributed by atoms with Crippen LogP contribution in [0.15, 0.2) is 24.3 Å². The Morgan fingerprint density at radius 2 is 1.87 bits per heavy atom. The number of piperazine rings is 1. The van der Waals surface area contributed by atoms with Gasteiger partial charge in [0, 0.05) is 32.2 Å². The largest absolute Gasteiger partial charge is 0.461 e. The van der Waals surface area contributed by atoms with Gasteiger partial charge in [-0.1, -0.05) is 12.1 Å². The second-order valence-corrected chi connectivity index (χ2v) is 6.11. The van der Waals surface area contributed by atoms with Gasteiger partial charge < -0.3 is 10.1 Å². The van der Waals surface area contributed by atoms with Crippen LogP contribution >= 0.6 is 0 Å². The van der Waals surface area contributed by atoms with Gasteiger partial charge in [0.25, 0.3) is 0 Å². The van der Waals surface area contributed by atoms with Crippen molar-refractivity contribution in [3.8, 4) is 5.75 Å². The summed E-state index contributed by atoms with van der Waals surface area (Å²) in [4.78, 5) is 2.33. The van der Waals surface area contributed by atoms with E-state index >= 15 is 0 Å². The average molecular weight is 332 g/mol. The smallest absolute Gasteiger partial charge is 0.428 e. The zero-order chi connectivity index (χ0) is 16.4. The van der Waals surface area contributed by atoms with Crippen LogP contribution in [0.2, 0.25) is 0 Å². The summed E-state index contributed by atoms with van der Waals surface area (Å²) >= 11 is 0. The van der Waals surface area contributed by atoms with Gasteiger partial charge in [-0.15, -0.1) is 0 Å². The lowest BCUT2D eigenvalue weighted by Gasteiger charge is -2.35. The summed E-state index contributed by atoms with van der Waals surface area (Å²) in [7, 11) is 0. The molecule has 1 heterocycles. The monoisotopic (exact) mass is 332 g/mol. The third kappa shape index (κ3) is 3.95. The molecule has 0 bridgehead atoms. The molecule has 3 rings (SSSR count). The van der Waals surface area contributed by atoms with E-state index in [9.17, 15) is 17.6 Å². The number of alkyl halides is 4. The molecule has 128 valence electrons. The van der Waals surface area contributed by atoms with E-state index in [4.69, 9.17) is 0 Å². The quantitative estimate of drug-likeness (QED) is 0.809. The number of rotatable bonds is 6. The molecule has 7 heteroatoms. The van der Waals surface area contributed by atoms with Gasteiger partial charge in [-0.2, -0.15) is 17.6 Å². The number of hydrogen-bond acceptors (Lipinski definition) is 3. The molecule has 1 aromatic carbocycles. The minimum Gasteiger partial charge on any atom is -0.428 e. The van der Waals surface area contributed by atoms with Gasteiger partial charge in [-0.25, -0.2) is 0 Å². The molecule has 0 amide bonds. The van der Waals surface area contributed by atoms with Gasteiger partial charge in [0.1, 0.15) is 5.75 Å². The van der Waals surface area contributed by atoms with Crippen molar-refractivity contribution >= 4 is 0 Å². The molecule has 3 nitrogen and oxygen atoms in total. The van der Waals surface area contributed by atoms with Gasteiger partial charge in [0.2, 0.25) is 0 Å². The van der Waals surface area contributed by atoms with E-state index in [0.717, 1.165) is 44.6 Å². The zero-order valence-corrected chi connectivity index (χ0v) is 12.7. The number of halogens is 4. The van der Waals surface area contributed by atoms with Crippen LogP contribution in [0, 0.1) is 5.92 Å². The van der Waals surface area contributed by atoms with Crippen molar-refractivity contribution in [1.29, 1.82) is 0 Å². The van der Waals surface area contributed by atoms with Gasteiger partial charge in [-0.05, 0) is 36.5 Å². The Hall–Kier alpha value is -1.34. The molecule has 0 radical (unpaired) electrons. The van der Waals surface area contributed by atoms with Crippen molar-refractivity contribution in [3.63, 3.8) is 0 Å². The first-order valence-electron chi connectivity index (χ1n) is 7.87. The van der Waals surface area contributed by atoms with Crippen molar-refractivity contribution in [2.24, 2.45) is 5.92 Å². The third-order valence-electron chi connectivity index (χ3n) is 4.32. The summed E-state index contributed by atoms with van der Waals surface area (Å²) in [6.07, 6.45) is -6.11. The number of benzene rings is 1. The lowest BCUT2D eigenvalue weighted by atomic mass is 9.99. The summed E-state index contributed by atoms with van der Waals surface area (Å²) in [5.41, 5.74) is 0.858. The fourth-order valence-corrected chi connectivity index (χ4v) is 3.12. The molecule has 1 atom stereocenters. The summed E-state index contributed by atoms with van der Waals surface area (Å²) in [6, 6.07) is 6.35. The van der Waals surface area contributed by atoms with E-state index in [1.54, 1.807) is 6.07 Å². The van der Waals surface area contributed by atoms with E-state index in [1.807, 2.05) is 6.07 Å². The lowest BCUT2D eigenvalue weighted by Crippen LogP contribution is -2.45. The Balaban J connectivity index is 1.79. The Bertz CT molecular complexity index is 531. The Kier molecular flexibility index (Phi) is 4.77. The van der Waals surface area contributed by atoms with E-state index < -0.39 is 12.5 Å². The van der Waals surface area contributed by atoms with E-state index in [1.165, 1.54) is 12.1 Å². The van der Waals surface area contributed by atoms with Crippen molar-refractivity contribution in [3.05, 3.63) is 29.8 Å². The van der Waals surface area contributed by atoms with Crippen LogP contribution in [-0.2, 0) is 0 Å². The third-order valence-corrected chi connectivity index (χ3v) is 4.32. The second-order valence-electron chi connectivity index (χ2n) is 6.11. The highest BCUT2D eigenvalue weighted by molar-refractivity contribution is 5.32. The number of nitrogens with one attached hydrogen (secondary N) is 1. The number of nitrogens with zero attached hydrogens (tertiary/aromatic N) is 1. The summed E-state index contributed by atoms with van der Waals surface area (Å²) < 4.78 is 55.0. The molecule has 1 aliphatic heterocycles. The molecule has 23 heavy (non-hydrogen) atoms. The maximum Gasteiger partial charge on any atom is 0.461 e. The molecule has 1 aromatic rings. The van der Waals surface area contributed by atoms with Gasteiger partial charge in [0.05, 0.1) is 0 Å². The van der Waals surface area contributed by atoms with E-state index in [2.05, 4.69) is 15.0 Å². The summed E-state index contributed by atoms with van der Waals surface area (Å²) in [5, 5.41) is 3.29. The molecular weight excluding hydrogens is 312 g/mol. The SMILES string of the molecule is FC(F)C(F)(F)Oc1cccc([C@@H](C2CC2)N2CCNCC2)c1. The predicted molar refractivity (Wildman–Crippen MR) is 77.9 cm³/mol. The summed E-state index contributed by atoms with van der Waals surface area (Å²) in [6.45, 7) is 3.56. The van der Waals surface area contributed by atoms with Crippen molar-refractivity contribution in [2.45, 2.75) is 31.4 Å². The lowest BCUT2D eigenvalue weighted by molar-refractivity contribution is -0.253. The Labute approximate surface area is 132 Å². The first-order chi connectivity index (χ1) is 11.0. The topological polar surface area (TPSA) is 24.5 Å². The normalized spacial score (nSPS) is 21.4. The van der Waals surface area contributed by atoms with Crippen LogP contribution < -0.4 is 10.1 Å². The molecular formula is C16H20F4N2O. The maximum absolute atomic E-state index is 13.1. The van der Waals surface area contributed by atoms with Gasteiger partial charge >= 0.3 is 12.5 Å². The van der Waals surface area contributed by atoms with Crippen LogP contribution in [0.1, 0.15) is 24.4 Å². The highest BCUT2D eigenvalue weighted by Gasteiger charge is 2.44. The summed E-state index contributed by atoms with van der Waals surface area (Å²) in [5.74, 6) is 0.285. The molecule has 1 saturated carbocycles.